The molecule has 0 rings (SSSR count). The van der Waals surface area contributed by atoms with Crippen LogP contribution in [0.2, 0.25) is 0.515 Å². The Bertz CT molecular complexity index is 217. The predicted octanol–water partition coefficient (Wildman–Crippen LogP) is 0.154. The molecule has 0 heterocycles. The summed E-state index contributed by atoms with van der Waals surface area (Å²) in [7, 11) is -4.64. The molecule has 0 aromatic rings. The van der Waals surface area contributed by atoms with Gasteiger partial charge in [0.15, 0.2) is 0 Å². The van der Waals surface area contributed by atoms with Gasteiger partial charge in [0.2, 0.25) is 0 Å². The molecule has 84 valence electrons. The fraction of sp³-hybridized carbons (Fsp3) is 0.571. The van der Waals surface area contributed by atoms with Gasteiger partial charge in [-0.1, -0.05) is 0 Å². The molecule has 0 atom stereocenters. The van der Waals surface area contributed by atoms with E-state index in [-0.39, 0.29) is 5.97 Å². The number of hydrogen-bond acceptors (Lipinski definition) is 3. The molecule has 0 saturated heterocycles. The van der Waals surface area contributed by atoms with Crippen LogP contribution in [-0.4, -0.2) is 76.2 Å². The summed E-state index contributed by atoms with van der Waals surface area (Å²) in [4.78, 5) is 32.0. The van der Waals surface area contributed by atoms with Crippen molar-refractivity contribution in [3.8, 4) is 0 Å². The summed E-state index contributed by atoms with van der Waals surface area (Å²) in [6, 6.07) is 0. The maximum atomic E-state index is 10.4. The minimum atomic E-state index is -4.64. The van der Waals surface area contributed by atoms with E-state index in [1.165, 1.54) is 13.0 Å². The molecule has 0 unspecified atom stereocenters. The topological polar surface area (TPSA) is 104 Å². The molecule has 0 radical (unpaired) electrons. The van der Waals surface area contributed by atoms with Gasteiger partial charge in [0, 0.05) is 0 Å². The van der Waals surface area contributed by atoms with Crippen molar-refractivity contribution in [2.24, 2.45) is 0 Å². The fourth-order valence-corrected chi connectivity index (χ4v) is 1.36. The first-order valence-electron chi connectivity index (χ1n) is 4.38. The second-order valence-electron chi connectivity index (χ2n) is 2.59. The van der Waals surface area contributed by atoms with Gasteiger partial charge in [0.1, 0.15) is 0 Å². The zero-order valence-electron chi connectivity index (χ0n) is 8.63. The van der Waals surface area contributed by atoms with E-state index in [1.807, 2.05) is 0 Å². The molecular formula is C7H14KO6P. The molecule has 6 nitrogen and oxygen atoms in total. The van der Waals surface area contributed by atoms with Crippen LogP contribution in [0.3, 0.4) is 0 Å². The second-order valence-corrected chi connectivity index (χ2v) is 5.18. The summed E-state index contributed by atoms with van der Waals surface area (Å²) in [6.45, 7) is 3.85. The summed E-state index contributed by atoms with van der Waals surface area (Å²) >= 11 is 0.940. The zero-order chi connectivity index (χ0) is 12.3. The van der Waals surface area contributed by atoms with Gasteiger partial charge in [-0.05, 0) is 0 Å². The van der Waals surface area contributed by atoms with Gasteiger partial charge in [-0.25, -0.2) is 4.57 Å². The third-order valence-corrected chi connectivity index (χ3v) is 2.26. The SMILES string of the molecule is C=CC(=O)OCCC[CH2][K].O=P(O)(O)O. The Balaban J connectivity index is 0. The van der Waals surface area contributed by atoms with Crippen molar-refractivity contribution in [1.29, 1.82) is 0 Å². The van der Waals surface area contributed by atoms with E-state index in [4.69, 9.17) is 24.0 Å². The van der Waals surface area contributed by atoms with E-state index >= 15 is 0 Å². The Labute approximate surface area is 123 Å². The Hall–Kier alpha value is 0.956. The van der Waals surface area contributed by atoms with Crippen LogP contribution in [0.4, 0.5) is 0 Å². The number of unbranched alkanes of at least 4 members (excludes halogenated alkanes) is 1. The van der Waals surface area contributed by atoms with Crippen molar-refractivity contribution in [2.75, 3.05) is 6.61 Å². The predicted molar refractivity (Wildman–Crippen MR) is 55.2 cm³/mol. The molecule has 15 heavy (non-hydrogen) atoms. The van der Waals surface area contributed by atoms with E-state index in [9.17, 15) is 4.79 Å². The van der Waals surface area contributed by atoms with Gasteiger partial charge in [-0.3, -0.25) is 0 Å². The number of ether oxygens (including phenoxy) is 1. The average Bonchev–Trinajstić information content (AvgIpc) is 2.09. The molecule has 0 amide bonds. The van der Waals surface area contributed by atoms with Crippen molar-refractivity contribution in [2.45, 2.75) is 13.4 Å². The van der Waals surface area contributed by atoms with E-state index in [0.717, 1.165) is 55.4 Å². The minimum Gasteiger partial charge on any atom is -0.303 e. The van der Waals surface area contributed by atoms with Gasteiger partial charge in [0.05, 0.1) is 0 Å². The van der Waals surface area contributed by atoms with E-state index in [1.54, 1.807) is 0 Å². The van der Waals surface area contributed by atoms with Crippen molar-refractivity contribution < 1.29 is 28.8 Å². The molecule has 0 bridgehead atoms. The third kappa shape index (κ3) is 31.3. The van der Waals surface area contributed by atoms with Crippen molar-refractivity contribution in [1.82, 2.24) is 0 Å². The van der Waals surface area contributed by atoms with Crippen LogP contribution in [0.5, 0.6) is 0 Å². The van der Waals surface area contributed by atoms with E-state index < -0.39 is 7.82 Å². The third-order valence-electron chi connectivity index (χ3n) is 1.16. The van der Waals surface area contributed by atoms with Crippen molar-refractivity contribution >= 4 is 62.7 Å². The second kappa shape index (κ2) is 11.4. The Morgan fingerprint density at radius 2 is 1.87 bits per heavy atom. The minimum absolute atomic E-state index is 0.308. The standard InChI is InChI=1S/C7H11O2.K.H3O4P/c1-3-5-6-9-7(8)4-2;;1-5(2,3)4/h4H,1-3,5-6H2;;(H3,1,2,3,4). The molecule has 3 N–H and O–H groups in total. The summed E-state index contributed by atoms with van der Waals surface area (Å²) in [6.07, 6.45) is 3.40. The molecule has 0 fully saturated rings. The quantitative estimate of drug-likeness (QED) is 0.215. The van der Waals surface area contributed by atoms with Crippen LogP contribution >= 0.6 is 7.82 Å². The first-order chi connectivity index (χ1) is 6.81. The first-order valence-corrected chi connectivity index (χ1v) is 8.16. The number of esters is 1. The van der Waals surface area contributed by atoms with Crippen molar-refractivity contribution in [3.63, 3.8) is 0 Å². The van der Waals surface area contributed by atoms with Gasteiger partial charge >= 0.3 is 105 Å². The van der Waals surface area contributed by atoms with E-state index in [2.05, 4.69) is 6.58 Å². The van der Waals surface area contributed by atoms with Crippen LogP contribution in [0, 0.1) is 0 Å². The summed E-state index contributed by atoms with van der Waals surface area (Å²) in [5.41, 5.74) is 0. The van der Waals surface area contributed by atoms with E-state index in [0.29, 0.717) is 6.61 Å². The molecule has 0 aliphatic heterocycles. The number of hydrogen-bond donors (Lipinski definition) is 3. The number of rotatable bonds is 5. The molecular weight excluding hydrogens is 250 g/mol. The smallest absolute Gasteiger partial charge is 0.303 e. The molecule has 0 aliphatic rings. The average molecular weight is 264 g/mol. The molecule has 0 aromatic heterocycles. The number of carbonyl (C=O) groups is 1. The molecule has 0 aromatic carbocycles. The van der Waals surface area contributed by atoms with Crippen LogP contribution in [-0.2, 0) is 14.1 Å². The Kier molecular flexibility index (Phi) is 14.0. The Morgan fingerprint density at radius 3 is 2.20 bits per heavy atom. The van der Waals surface area contributed by atoms with Crippen LogP contribution < -0.4 is 0 Å². The summed E-state index contributed by atoms with van der Waals surface area (Å²) < 4.78 is 15.0. The van der Waals surface area contributed by atoms with Gasteiger partial charge in [-0.2, -0.15) is 0 Å². The normalized spacial score (nSPS) is 9.93. The van der Waals surface area contributed by atoms with Gasteiger partial charge in [0.25, 0.3) is 0 Å². The first kappa shape index (κ1) is 18.3. The number of phosphoric acid groups is 1. The number of carbonyl (C=O) groups excluding carboxylic acids is 1. The van der Waals surface area contributed by atoms with Crippen LogP contribution in [0.25, 0.3) is 0 Å². The fourth-order valence-electron chi connectivity index (χ4n) is 0.584. The van der Waals surface area contributed by atoms with Crippen molar-refractivity contribution in [3.05, 3.63) is 12.7 Å². The zero-order valence-corrected chi connectivity index (χ0v) is 12.6. The van der Waals surface area contributed by atoms with Crippen LogP contribution in [0.1, 0.15) is 12.8 Å². The Morgan fingerprint density at radius 1 is 1.40 bits per heavy atom. The van der Waals surface area contributed by atoms with Gasteiger partial charge < -0.3 is 14.7 Å². The molecule has 0 saturated carbocycles. The monoisotopic (exact) mass is 264 g/mol. The maximum Gasteiger partial charge on any atom is 0.466 e. The summed E-state index contributed by atoms with van der Waals surface area (Å²) in [5, 5.41) is 0. The largest absolute Gasteiger partial charge is 0.466 e. The molecule has 8 heteroatoms. The summed E-state index contributed by atoms with van der Waals surface area (Å²) in [5.74, 6) is -0.308. The van der Waals surface area contributed by atoms with Gasteiger partial charge in [-0.15, -0.1) is 0 Å². The van der Waals surface area contributed by atoms with Crippen LogP contribution in [0.15, 0.2) is 12.7 Å². The maximum absolute atomic E-state index is 10.4. The molecule has 0 spiro atoms. The molecule has 0 aliphatic carbocycles.